The number of hydrogen-bond donors (Lipinski definition) is 2. The molecule has 0 spiro atoms. The van der Waals surface area contributed by atoms with Crippen LogP contribution >= 0.6 is 0 Å². The lowest BCUT2D eigenvalue weighted by atomic mass is 10.1. The Hall–Kier alpha value is -0.770. The Morgan fingerprint density at radius 3 is 2.46 bits per heavy atom. The maximum atomic E-state index is 11.1. The highest BCUT2D eigenvalue weighted by molar-refractivity contribution is 5.67. The van der Waals surface area contributed by atoms with Gasteiger partial charge in [0.15, 0.2) is 0 Å². The smallest absolute Gasteiger partial charge is 0.407 e. The van der Waals surface area contributed by atoms with E-state index in [0.717, 1.165) is 13.0 Å². The summed E-state index contributed by atoms with van der Waals surface area (Å²) < 4.78 is 4.93. The average molecular weight is 188 g/mol. The number of ether oxygens (including phenoxy) is 1. The van der Waals surface area contributed by atoms with Gasteiger partial charge in [-0.1, -0.05) is 0 Å². The van der Waals surface area contributed by atoms with E-state index < -0.39 is 0 Å². The molecule has 0 aromatic rings. The Morgan fingerprint density at radius 1 is 1.38 bits per heavy atom. The third-order valence-corrected chi connectivity index (χ3v) is 1.28. The van der Waals surface area contributed by atoms with E-state index in [1.165, 1.54) is 0 Å². The summed E-state index contributed by atoms with van der Waals surface area (Å²) >= 11 is 0. The van der Waals surface area contributed by atoms with Gasteiger partial charge in [-0.2, -0.15) is 0 Å². The molecule has 0 aromatic carbocycles. The summed E-state index contributed by atoms with van der Waals surface area (Å²) in [4.78, 5) is 11.1. The fraction of sp³-hybridized carbons (Fsp3) is 0.889. The van der Waals surface area contributed by atoms with Gasteiger partial charge in [0.2, 0.25) is 0 Å². The van der Waals surface area contributed by atoms with Crippen molar-refractivity contribution in [3.05, 3.63) is 0 Å². The van der Waals surface area contributed by atoms with E-state index in [9.17, 15) is 4.79 Å². The molecule has 0 unspecified atom stereocenters. The van der Waals surface area contributed by atoms with Crippen LogP contribution in [0.1, 0.15) is 27.2 Å². The maximum Gasteiger partial charge on any atom is 0.407 e. The lowest BCUT2D eigenvalue weighted by Gasteiger charge is -2.19. The minimum Gasteiger partial charge on any atom is -0.450 e. The van der Waals surface area contributed by atoms with Crippen LogP contribution < -0.4 is 10.6 Å². The third kappa shape index (κ3) is 9.14. The van der Waals surface area contributed by atoms with Crippen LogP contribution in [-0.2, 0) is 4.74 Å². The monoisotopic (exact) mass is 188 g/mol. The first-order chi connectivity index (χ1) is 5.95. The Balaban J connectivity index is 3.41. The van der Waals surface area contributed by atoms with Crippen molar-refractivity contribution in [2.45, 2.75) is 32.7 Å². The molecule has 4 nitrogen and oxygen atoms in total. The summed E-state index contributed by atoms with van der Waals surface area (Å²) in [6.07, 6.45) is 0.497. The van der Waals surface area contributed by atoms with Gasteiger partial charge in [-0.05, 0) is 40.8 Å². The first-order valence-corrected chi connectivity index (χ1v) is 4.55. The van der Waals surface area contributed by atoms with Crippen molar-refractivity contribution in [3.63, 3.8) is 0 Å². The number of rotatable bonds is 4. The van der Waals surface area contributed by atoms with E-state index >= 15 is 0 Å². The Bertz CT molecular complexity index is 152. The van der Waals surface area contributed by atoms with Crippen LogP contribution in [0.2, 0.25) is 0 Å². The van der Waals surface area contributed by atoms with Crippen LogP contribution in [0.25, 0.3) is 0 Å². The number of carbonyl (C=O) groups is 1. The average Bonchev–Trinajstić information content (AvgIpc) is 1.94. The van der Waals surface area contributed by atoms with E-state index in [1.807, 2.05) is 27.8 Å². The second kappa shape index (κ2) is 5.80. The van der Waals surface area contributed by atoms with Crippen molar-refractivity contribution >= 4 is 6.09 Å². The molecule has 78 valence electrons. The lowest BCUT2D eigenvalue weighted by Crippen LogP contribution is -2.41. The molecule has 0 rings (SSSR count). The molecule has 0 aromatic heterocycles. The molecule has 4 heteroatoms. The van der Waals surface area contributed by atoms with Gasteiger partial charge in [-0.15, -0.1) is 0 Å². The Morgan fingerprint density at radius 2 is 2.00 bits per heavy atom. The zero-order chi connectivity index (χ0) is 10.3. The van der Waals surface area contributed by atoms with Gasteiger partial charge in [0.05, 0.1) is 6.61 Å². The van der Waals surface area contributed by atoms with E-state index in [2.05, 4.69) is 10.6 Å². The molecule has 0 heterocycles. The van der Waals surface area contributed by atoms with Gasteiger partial charge < -0.3 is 15.4 Å². The predicted molar refractivity (Wildman–Crippen MR) is 52.8 cm³/mol. The summed E-state index contributed by atoms with van der Waals surface area (Å²) in [5, 5.41) is 5.69. The first kappa shape index (κ1) is 12.2. The largest absolute Gasteiger partial charge is 0.450 e. The summed E-state index contributed by atoms with van der Waals surface area (Å²) in [5.41, 5.74) is -0.222. The van der Waals surface area contributed by atoms with E-state index in [1.54, 1.807) is 0 Å². The second-order valence-electron chi connectivity index (χ2n) is 3.97. The topological polar surface area (TPSA) is 50.4 Å². The molecule has 0 aliphatic rings. The number of carbonyl (C=O) groups excluding carboxylic acids is 1. The van der Waals surface area contributed by atoms with Gasteiger partial charge in [0.25, 0.3) is 0 Å². The van der Waals surface area contributed by atoms with Crippen molar-refractivity contribution in [1.29, 1.82) is 0 Å². The van der Waals surface area contributed by atoms with Crippen molar-refractivity contribution in [2.24, 2.45) is 0 Å². The fourth-order valence-electron chi connectivity index (χ4n) is 0.756. The number of nitrogens with one attached hydrogen (secondary N) is 2. The molecule has 0 atom stereocenters. The second-order valence-corrected chi connectivity index (χ2v) is 3.97. The summed E-state index contributed by atoms with van der Waals surface area (Å²) in [7, 11) is 1.87. The first-order valence-electron chi connectivity index (χ1n) is 4.55. The highest BCUT2D eigenvalue weighted by Crippen LogP contribution is 1.98. The zero-order valence-corrected chi connectivity index (χ0v) is 8.94. The lowest BCUT2D eigenvalue weighted by molar-refractivity contribution is 0.136. The normalized spacial score (nSPS) is 11.1. The van der Waals surface area contributed by atoms with Crippen LogP contribution in [0.4, 0.5) is 4.79 Å². The highest BCUT2D eigenvalue weighted by Gasteiger charge is 2.13. The van der Waals surface area contributed by atoms with Crippen molar-refractivity contribution in [1.82, 2.24) is 10.6 Å². The molecule has 0 saturated carbocycles. The Kier molecular flexibility index (Phi) is 5.46. The maximum absolute atomic E-state index is 11.1. The van der Waals surface area contributed by atoms with Crippen molar-refractivity contribution < 1.29 is 9.53 Å². The van der Waals surface area contributed by atoms with Crippen LogP contribution in [0, 0.1) is 0 Å². The highest BCUT2D eigenvalue weighted by atomic mass is 16.5. The van der Waals surface area contributed by atoms with Gasteiger partial charge in [-0.3, -0.25) is 0 Å². The SMILES string of the molecule is CNCCCOC(=O)NC(C)(C)C. The summed E-state index contributed by atoms with van der Waals surface area (Å²) in [6, 6.07) is 0. The van der Waals surface area contributed by atoms with Gasteiger partial charge in [-0.25, -0.2) is 4.79 Å². The molecule has 0 radical (unpaired) electrons. The van der Waals surface area contributed by atoms with Crippen LogP contribution in [0.3, 0.4) is 0 Å². The molecular formula is C9H20N2O2. The zero-order valence-electron chi connectivity index (χ0n) is 8.94. The van der Waals surface area contributed by atoms with Crippen LogP contribution in [0.5, 0.6) is 0 Å². The number of hydrogen-bond acceptors (Lipinski definition) is 3. The summed E-state index contributed by atoms with van der Waals surface area (Å²) in [6.45, 7) is 7.08. The molecule has 13 heavy (non-hydrogen) atoms. The minimum absolute atomic E-state index is 0.222. The van der Waals surface area contributed by atoms with Crippen molar-refractivity contribution in [3.8, 4) is 0 Å². The number of amides is 1. The van der Waals surface area contributed by atoms with Gasteiger partial charge in [0.1, 0.15) is 0 Å². The van der Waals surface area contributed by atoms with Gasteiger partial charge in [0, 0.05) is 5.54 Å². The van der Waals surface area contributed by atoms with E-state index in [4.69, 9.17) is 4.74 Å². The molecule has 1 amide bonds. The van der Waals surface area contributed by atoms with Gasteiger partial charge >= 0.3 is 6.09 Å². The van der Waals surface area contributed by atoms with Crippen LogP contribution in [-0.4, -0.2) is 31.8 Å². The fourth-order valence-corrected chi connectivity index (χ4v) is 0.756. The predicted octanol–water partition coefficient (Wildman–Crippen LogP) is 1.12. The molecule has 0 saturated heterocycles. The molecule has 0 aliphatic heterocycles. The minimum atomic E-state index is -0.344. The third-order valence-electron chi connectivity index (χ3n) is 1.28. The molecule has 0 bridgehead atoms. The van der Waals surface area contributed by atoms with E-state index in [0.29, 0.717) is 6.61 Å². The number of alkyl carbamates (subject to hydrolysis) is 1. The summed E-state index contributed by atoms with van der Waals surface area (Å²) in [5.74, 6) is 0. The molecule has 0 aliphatic carbocycles. The standard InChI is InChI=1S/C9H20N2O2/c1-9(2,3)11-8(12)13-7-5-6-10-4/h10H,5-7H2,1-4H3,(H,11,12). The molecular weight excluding hydrogens is 168 g/mol. The van der Waals surface area contributed by atoms with Crippen molar-refractivity contribution in [2.75, 3.05) is 20.2 Å². The quantitative estimate of drug-likeness (QED) is 0.650. The Labute approximate surface area is 80.0 Å². The van der Waals surface area contributed by atoms with E-state index in [-0.39, 0.29) is 11.6 Å². The molecule has 0 fully saturated rings. The van der Waals surface area contributed by atoms with Crippen LogP contribution in [0.15, 0.2) is 0 Å². The molecule has 2 N–H and O–H groups in total.